The van der Waals surface area contributed by atoms with E-state index < -0.39 is 16.1 Å². The lowest BCUT2D eigenvalue weighted by Gasteiger charge is -2.32. The zero-order valence-electron chi connectivity index (χ0n) is 11.6. The number of aryl methyl sites for hydroxylation is 1. The Balaban J connectivity index is 2.47. The first-order valence-corrected chi connectivity index (χ1v) is 7.91. The fourth-order valence-corrected chi connectivity index (χ4v) is 4.14. The summed E-state index contributed by atoms with van der Waals surface area (Å²) < 4.78 is 26.7. The van der Waals surface area contributed by atoms with Gasteiger partial charge in [0.05, 0.1) is 4.90 Å². The molecule has 1 atom stereocenters. The highest BCUT2D eigenvalue weighted by molar-refractivity contribution is 7.89. The minimum atomic E-state index is -3.69. The molecule has 1 fully saturated rings. The predicted molar refractivity (Wildman–Crippen MR) is 75.4 cm³/mol. The van der Waals surface area contributed by atoms with E-state index in [2.05, 4.69) is 5.32 Å². The molecule has 0 aromatic heterocycles. The summed E-state index contributed by atoms with van der Waals surface area (Å²) in [6.45, 7) is 4.22. The first-order valence-electron chi connectivity index (χ1n) is 6.47. The number of nitrogens with two attached hydrogens (primary N) is 1. The highest BCUT2D eigenvalue weighted by Crippen LogP contribution is 2.23. The van der Waals surface area contributed by atoms with Crippen molar-refractivity contribution in [3.63, 3.8) is 0 Å². The summed E-state index contributed by atoms with van der Waals surface area (Å²) in [4.78, 5) is 11.9. The molecule has 6 nitrogen and oxygen atoms in total. The Hall–Kier alpha value is -1.44. The van der Waals surface area contributed by atoms with Crippen molar-refractivity contribution < 1.29 is 13.2 Å². The molecular weight excluding hydrogens is 278 g/mol. The van der Waals surface area contributed by atoms with Gasteiger partial charge in [0.25, 0.3) is 0 Å². The molecule has 1 saturated heterocycles. The minimum Gasteiger partial charge on any atom is -0.353 e. The summed E-state index contributed by atoms with van der Waals surface area (Å²) in [5, 5.41) is 2.66. The number of amides is 1. The third kappa shape index (κ3) is 2.56. The van der Waals surface area contributed by atoms with Crippen molar-refractivity contribution in [2.45, 2.75) is 31.3 Å². The van der Waals surface area contributed by atoms with Gasteiger partial charge in [0, 0.05) is 19.6 Å². The molecule has 0 spiro atoms. The molecule has 1 aromatic carbocycles. The van der Waals surface area contributed by atoms with Crippen LogP contribution in [0.5, 0.6) is 0 Å². The van der Waals surface area contributed by atoms with Gasteiger partial charge >= 0.3 is 0 Å². The van der Waals surface area contributed by atoms with Gasteiger partial charge < -0.3 is 11.1 Å². The Morgan fingerprint density at radius 3 is 2.80 bits per heavy atom. The minimum absolute atomic E-state index is 0.224. The van der Waals surface area contributed by atoms with E-state index in [9.17, 15) is 13.2 Å². The summed E-state index contributed by atoms with van der Waals surface area (Å²) in [5.41, 5.74) is 6.97. The largest absolute Gasteiger partial charge is 0.353 e. The quantitative estimate of drug-likeness (QED) is 0.819. The third-order valence-corrected chi connectivity index (χ3v) is 5.63. The van der Waals surface area contributed by atoms with Gasteiger partial charge in [-0.2, -0.15) is 4.31 Å². The summed E-state index contributed by atoms with van der Waals surface area (Å²) >= 11 is 0. The maximum absolute atomic E-state index is 12.7. The number of rotatable bonds is 3. The Labute approximate surface area is 119 Å². The van der Waals surface area contributed by atoms with Crippen LogP contribution in [0, 0.1) is 6.92 Å². The van der Waals surface area contributed by atoms with E-state index in [0.717, 1.165) is 5.56 Å². The van der Waals surface area contributed by atoms with Crippen molar-refractivity contribution >= 4 is 15.9 Å². The summed E-state index contributed by atoms with van der Waals surface area (Å²) in [6, 6.07) is 4.43. The average molecular weight is 297 g/mol. The number of sulfonamides is 1. The molecule has 0 bridgehead atoms. The van der Waals surface area contributed by atoms with Crippen LogP contribution in [0.4, 0.5) is 0 Å². The lowest BCUT2D eigenvalue weighted by atomic mass is 10.1. The molecular formula is C13H19N3O3S. The smallest absolute Gasteiger partial charge is 0.244 e. The number of carbonyl (C=O) groups excluding carboxylic acids is 1. The van der Waals surface area contributed by atoms with Crippen LogP contribution < -0.4 is 11.1 Å². The van der Waals surface area contributed by atoms with Crippen molar-refractivity contribution in [1.82, 2.24) is 9.62 Å². The zero-order chi connectivity index (χ0) is 14.9. The summed E-state index contributed by atoms with van der Waals surface area (Å²) in [5.74, 6) is -0.271. The normalized spacial score (nSPS) is 20.8. The number of benzene rings is 1. The number of piperazine rings is 1. The van der Waals surface area contributed by atoms with Gasteiger partial charge in [-0.05, 0) is 31.0 Å². The van der Waals surface area contributed by atoms with E-state index in [1.165, 1.54) is 4.31 Å². The molecule has 0 radical (unpaired) electrons. The standard InChI is InChI=1S/C13H19N3O3S/c1-9-3-4-11(8-14)7-12(9)20(18,19)16-6-5-15-13(17)10(16)2/h3-4,7,10H,5-6,8,14H2,1-2H3,(H,15,17). The van der Waals surface area contributed by atoms with Crippen LogP contribution in [-0.2, 0) is 21.4 Å². The molecule has 7 heteroatoms. The van der Waals surface area contributed by atoms with Crippen LogP contribution in [0.3, 0.4) is 0 Å². The molecule has 1 aromatic rings. The molecule has 1 aliphatic rings. The first kappa shape index (κ1) is 15.0. The van der Waals surface area contributed by atoms with Crippen LogP contribution in [0.15, 0.2) is 23.1 Å². The van der Waals surface area contributed by atoms with Gasteiger partial charge in [-0.1, -0.05) is 12.1 Å². The van der Waals surface area contributed by atoms with E-state index in [-0.39, 0.29) is 23.9 Å². The molecule has 3 N–H and O–H groups in total. The van der Waals surface area contributed by atoms with Gasteiger partial charge in [-0.25, -0.2) is 8.42 Å². The molecule has 1 unspecified atom stereocenters. The SMILES string of the molecule is Cc1ccc(CN)cc1S(=O)(=O)N1CCNC(=O)C1C. The molecule has 1 aliphatic heterocycles. The van der Waals surface area contributed by atoms with Crippen LogP contribution >= 0.6 is 0 Å². The number of hydrogen-bond acceptors (Lipinski definition) is 4. The number of hydrogen-bond donors (Lipinski definition) is 2. The van der Waals surface area contributed by atoms with Crippen LogP contribution in [0.1, 0.15) is 18.1 Å². The van der Waals surface area contributed by atoms with E-state index >= 15 is 0 Å². The van der Waals surface area contributed by atoms with Crippen molar-refractivity contribution in [3.8, 4) is 0 Å². The maximum Gasteiger partial charge on any atom is 0.244 e. The number of carbonyl (C=O) groups is 1. The molecule has 0 aliphatic carbocycles. The van der Waals surface area contributed by atoms with Crippen LogP contribution in [0.2, 0.25) is 0 Å². The zero-order valence-corrected chi connectivity index (χ0v) is 12.4. The van der Waals surface area contributed by atoms with E-state index in [1.807, 2.05) is 0 Å². The lowest BCUT2D eigenvalue weighted by Crippen LogP contribution is -2.55. The van der Waals surface area contributed by atoms with Gasteiger partial charge in [0.2, 0.25) is 15.9 Å². The molecule has 1 heterocycles. The molecule has 110 valence electrons. The average Bonchev–Trinajstić information content (AvgIpc) is 2.42. The topological polar surface area (TPSA) is 92.5 Å². The van der Waals surface area contributed by atoms with Crippen molar-refractivity contribution in [1.29, 1.82) is 0 Å². The van der Waals surface area contributed by atoms with Crippen molar-refractivity contribution in [2.24, 2.45) is 5.73 Å². The summed E-state index contributed by atoms with van der Waals surface area (Å²) in [6.07, 6.45) is 0. The van der Waals surface area contributed by atoms with Gasteiger partial charge in [0.15, 0.2) is 0 Å². The van der Waals surface area contributed by atoms with Gasteiger partial charge in [-0.15, -0.1) is 0 Å². The van der Waals surface area contributed by atoms with Crippen molar-refractivity contribution in [2.75, 3.05) is 13.1 Å². The molecule has 0 saturated carbocycles. The van der Waals surface area contributed by atoms with Gasteiger partial charge in [0.1, 0.15) is 6.04 Å². The Morgan fingerprint density at radius 1 is 1.45 bits per heavy atom. The van der Waals surface area contributed by atoms with Crippen LogP contribution in [0.25, 0.3) is 0 Å². The number of nitrogens with one attached hydrogen (secondary N) is 1. The van der Waals surface area contributed by atoms with E-state index in [1.54, 1.807) is 32.0 Å². The fraction of sp³-hybridized carbons (Fsp3) is 0.462. The van der Waals surface area contributed by atoms with Gasteiger partial charge in [-0.3, -0.25) is 4.79 Å². The van der Waals surface area contributed by atoms with Crippen molar-refractivity contribution in [3.05, 3.63) is 29.3 Å². The molecule has 2 rings (SSSR count). The monoisotopic (exact) mass is 297 g/mol. The Kier molecular flexibility index (Phi) is 4.12. The second-order valence-electron chi connectivity index (χ2n) is 4.89. The maximum atomic E-state index is 12.7. The molecule has 20 heavy (non-hydrogen) atoms. The van der Waals surface area contributed by atoms with E-state index in [0.29, 0.717) is 12.1 Å². The second kappa shape index (κ2) is 5.51. The highest BCUT2D eigenvalue weighted by atomic mass is 32.2. The third-order valence-electron chi connectivity index (χ3n) is 3.52. The van der Waals surface area contributed by atoms with E-state index in [4.69, 9.17) is 5.73 Å². The molecule has 1 amide bonds. The second-order valence-corrected chi connectivity index (χ2v) is 6.75. The van der Waals surface area contributed by atoms with Crippen LogP contribution in [-0.4, -0.2) is 37.8 Å². The first-order chi connectivity index (χ1) is 9.37. The lowest BCUT2D eigenvalue weighted by molar-refractivity contribution is -0.126. The highest BCUT2D eigenvalue weighted by Gasteiger charge is 2.36. The fourth-order valence-electron chi connectivity index (χ4n) is 2.27. The number of nitrogens with zero attached hydrogens (tertiary/aromatic N) is 1. The Bertz CT molecular complexity index is 628. The predicted octanol–water partition coefficient (Wildman–Crippen LogP) is -0.0373. The Morgan fingerprint density at radius 2 is 2.15 bits per heavy atom. The summed E-state index contributed by atoms with van der Waals surface area (Å²) in [7, 11) is -3.69.